The molecular weight excluding hydrogens is 150 g/mol. The molecule has 0 aromatic heterocycles. The van der Waals surface area contributed by atoms with Crippen molar-refractivity contribution in [2.75, 3.05) is 6.54 Å². The molecule has 65 valence electrons. The molecule has 1 saturated heterocycles. The minimum Gasteiger partial charge on any atom is -0.332 e. The minimum absolute atomic E-state index is 0.227. The first-order chi connectivity index (χ1) is 5.61. The van der Waals surface area contributed by atoms with Crippen LogP contribution in [0.2, 0.25) is 0 Å². The third-order valence-electron chi connectivity index (χ3n) is 2.87. The normalized spacial score (nSPS) is 33.4. The fraction of sp³-hybridized carbons (Fsp3) is 0.600. The quantitative estimate of drug-likeness (QED) is 0.536. The SMILES string of the molecule is [CH2]C1=C(C(=O)N2CC2C)CC1C. The van der Waals surface area contributed by atoms with Gasteiger partial charge in [0, 0.05) is 18.2 Å². The van der Waals surface area contributed by atoms with E-state index in [0.29, 0.717) is 12.0 Å². The number of hydrogen-bond acceptors (Lipinski definition) is 1. The molecule has 2 rings (SSSR count). The Hall–Kier alpha value is -0.790. The van der Waals surface area contributed by atoms with Gasteiger partial charge in [0.15, 0.2) is 0 Å². The number of rotatable bonds is 1. The molecule has 1 aliphatic carbocycles. The van der Waals surface area contributed by atoms with Crippen molar-refractivity contribution >= 4 is 5.91 Å². The molecular formula is C10H14NO. The van der Waals surface area contributed by atoms with Crippen LogP contribution in [0.25, 0.3) is 0 Å². The average Bonchev–Trinajstić information content (AvgIpc) is 2.76. The van der Waals surface area contributed by atoms with Crippen LogP contribution in [-0.2, 0) is 4.79 Å². The van der Waals surface area contributed by atoms with Gasteiger partial charge in [-0.2, -0.15) is 0 Å². The van der Waals surface area contributed by atoms with E-state index in [0.717, 1.165) is 24.1 Å². The maximum atomic E-state index is 11.6. The van der Waals surface area contributed by atoms with Crippen molar-refractivity contribution in [3.63, 3.8) is 0 Å². The lowest BCUT2D eigenvalue weighted by Crippen LogP contribution is -2.25. The molecule has 1 fully saturated rings. The van der Waals surface area contributed by atoms with Gasteiger partial charge in [-0.1, -0.05) is 12.5 Å². The van der Waals surface area contributed by atoms with Gasteiger partial charge < -0.3 is 4.90 Å². The molecule has 2 aliphatic rings. The Labute approximate surface area is 73.2 Å². The smallest absolute Gasteiger partial charge is 0.250 e. The predicted molar refractivity (Wildman–Crippen MR) is 47.3 cm³/mol. The molecule has 0 aromatic rings. The average molecular weight is 164 g/mol. The molecule has 1 heterocycles. The van der Waals surface area contributed by atoms with Gasteiger partial charge in [0.05, 0.1) is 0 Å². The highest BCUT2D eigenvalue weighted by Gasteiger charge is 2.39. The first-order valence-corrected chi connectivity index (χ1v) is 4.47. The molecule has 1 aliphatic heterocycles. The van der Waals surface area contributed by atoms with Crippen LogP contribution in [0.15, 0.2) is 11.1 Å². The van der Waals surface area contributed by atoms with Crippen LogP contribution in [0.3, 0.4) is 0 Å². The van der Waals surface area contributed by atoms with E-state index in [1.807, 2.05) is 4.90 Å². The highest BCUT2D eigenvalue weighted by atomic mass is 16.2. The van der Waals surface area contributed by atoms with Gasteiger partial charge in [-0.05, 0) is 26.2 Å². The van der Waals surface area contributed by atoms with Crippen molar-refractivity contribution in [1.82, 2.24) is 4.90 Å². The summed E-state index contributed by atoms with van der Waals surface area (Å²) in [5.74, 6) is 0.754. The van der Waals surface area contributed by atoms with Crippen molar-refractivity contribution in [2.24, 2.45) is 5.92 Å². The summed E-state index contributed by atoms with van der Waals surface area (Å²) in [4.78, 5) is 13.5. The van der Waals surface area contributed by atoms with Gasteiger partial charge in [-0.25, -0.2) is 0 Å². The highest BCUT2D eigenvalue weighted by Crippen LogP contribution is 2.36. The monoisotopic (exact) mass is 164 g/mol. The van der Waals surface area contributed by atoms with Crippen LogP contribution < -0.4 is 0 Å². The maximum absolute atomic E-state index is 11.6. The lowest BCUT2D eigenvalue weighted by Gasteiger charge is -2.27. The summed E-state index contributed by atoms with van der Waals surface area (Å²) in [6.07, 6.45) is 0.931. The molecule has 2 heteroatoms. The van der Waals surface area contributed by atoms with Crippen LogP contribution in [0, 0.1) is 12.8 Å². The Balaban J connectivity index is 2.07. The highest BCUT2D eigenvalue weighted by molar-refractivity contribution is 5.97. The lowest BCUT2D eigenvalue weighted by molar-refractivity contribution is -0.123. The second-order valence-electron chi connectivity index (χ2n) is 3.92. The van der Waals surface area contributed by atoms with E-state index >= 15 is 0 Å². The summed E-state index contributed by atoms with van der Waals surface area (Å²) >= 11 is 0. The van der Waals surface area contributed by atoms with Crippen molar-refractivity contribution < 1.29 is 4.79 Å². The van der Waals surface area contributed by atoms with Gasteiger partial charge in [-0.3, -0.25) is 4.79 Å². The zero-order valence-electron chi connectivity index (χ0n) is 7.63. The molecule has 0 N–H and O–H groups in total. The van der Waals surface area contributed by atoms with E-state index in [-0.39, 0.29) is 5.91 Å². The topological polar surface area (TPSA) is 20.1 Å². The number of hydrogen-bond donors (Lipinski definition) is 0. The zero-order valence-corrected chi connectivity index (χ0v) is 7.63. The Morgan fingerprint density at radius 2 is 2.17 bits per heavy atom. The van der Waals surface area contributed by atoms with Crippen molar-refractivity contribution in [3.8, 4) is 0 Å². The summed E-state index contributed by atoms with van der Waals surface area (Å²) in [6, 6.07) is 0.466. The first-order valence-electron chi connectivity index (χ1n) is 4.47. The van der Waals surface area contributed by atoms with Crippen molar-refractivity contribution in [1.29, 1.82) is 0 Å². The Morgan fingerprint density at radius 1 is 1.58 bits per heavy atom. The van der Waals surface area contributed by atoms with E-state index < -0.39 is 0 Å². The number of allylic oxidation sites excluding steroid dienone is 1. The summed E-state index contributed by atoms with van der Waals surface area (Å²) in [6.45, 7) is 9.02. The second-order valence-corrected chi connectivity index (χ2v) is 3.92. The molecule has 2 atom stereocenters. The number of nitrogens with zero attached hydrogens (tertiary/aromatic N) is 1. The number of carbonyl (C=O) groups excluding carboxylic acids is 1. The number of amides is 1. The third-order valence-corrected chi connectivity index (χ3v) is 2.87. The number of carbonyl (C=O) groups is 1. The van der Waals surface area contributed by atoms with Gasteiger partial charge in [0.1, 0.15) is 0 Å². The fourth-order valence-corrected chi connectivity index (χ4v) is 1.65. The summed E-state index contributed by atoms with van der Waals surface area (Å²) in [7, 11) is 0. The van der Waals surface area contributed by atoms with Gasteiger partial charge in [-0.15, -0.1) is 0 Å². The third kappa shape index (κ3) is 0.977. The van der Waals surface area contributed by atoms with Crippen LogP contribution in [0.5, 0.6) is 0 Å². The van der Waals surface area contributed by atoms with Crippen LogP contribution in [0.1, 0.15) is 20.3 Å². The van der Waals surface area contributed by atoms with Crippen LogP contribution >= 0.6 is 0 Å². The fourth-order valence-electron chi connectivity index (χ4n) is 1.65. The van der Waals surface area contributed by atoms with Crippen molar-refractivity contribution in [2.45, 2.75) is 26.3 Å². The maximum Gasteiger partial charge on any atom is 0.250 e. The molecule has 2 unspecified atom stereocenters. The van der Waals surface area contributed by atoms with Crippen LogP contribution in [-0.4, -0.2) is 23.4 Å². The molecule has 2 nitrogen and oxygen atoms in total. The summed E-state index contributed by atoms with van der Waals surface area (Å²) < 4.78 is 0. The van der Waals surface area contributed by atoms with Gasteiger partial charge >= 0.3 is 0 Å². The Bertz CT molecular complexity index is 267. The molecule has 1 amide bonds. The molecule has 0 saturated carbocycles. The van der Waals surface area contributed by atoms with E-state index in [2.05, 4.69) is 20.8 Å². The molecule has 12 heavy (non-hydrogen) atoms. The summed E-state index contributed by atoms with van der Waals surface area (Å²) in [5.41, 5.74) is 2.02. The van der Waals surface area contributed by atoms with Gasteiger partial charge in [0.25, 0.3) is 0 Å². The lowest BCUT2D eigenvalue weighted by atomic mass is 9.79. The van der Waals surface area contributed by atoms with E-state index in [1.54, 1.807) is 0 Å². The van der Waals surface area contributed by atoms with Gasteiger partial charge in [0.2, 0.25) is 5.91 Å². The standard InChI is InChI=1S/C10H14NO/c1-6-4-9(8(6)3)10(12)11-5-7(11)2/h6-7H,3-5H2,1-2H3. The molecule has 1 radical (unpaired) electrons. The first kappa shape index (κ1) is 7.84. The van der Waals surface area contributed by atoms with E-state index in [9.17, 15) is 4.79 Å². The Kier molecular flexibility index (Phi) is 1.53. The largest absolute Gasteiger partial charge is 0.332 e. The van der Waals surface area contributed by atoms with Crippen molar-refractivity contribution in [3.05, 3.63) is 18.1 Å². The van der Waals surface area contributed by atoms with Crippen LogP contribution in [0.4, 0.5) is 0 Å². The second kappa shape index (κ2) is 2.35. The minimum atomic E-state index is 0.227. The predicted octanol–water partition coefficient (Wildman–Crippen LogP) is 1.39. The molecule has 0 bridgehead atoms. The Morgan fingerprint density at radius 3 is 2.50 bits per heavy atom. The summed E-state index contributed by atoms with van der Waals surface area (Å²) in [5, 5.41) is 0. The molecule has 0 spiro atoms. The molecule has 0 aromatic carbocycles. The van der Waals surface area contributed by atoms with E-state index in [1.165, 1.54) is 0 Å². The zero-order chi connectivity index (χ0) is 8.88. The van der Waals surface area contributed by atoms with E-state index in [4.69, 9.17) is 0 Å².